The van der Waals surface area contributed by atoms with Gasteiger partial charge in [-0.15, -0.1) is 0 Å². The van der Waals surface area contributed by atoms with E-state index in [2.05, 4.69) is 43.1 Å². The predicted molar refractivity (Wildman–Crippen MR) is 74.1 cm³/mol. The van der Waals surface area contributed by atoms with Crippen molar-refractivity contribution in [1.29, 1.82) is 0 Å². The SMILES string of the molecule is CC1(C)Cc2ccccc2C(c2ccccn2)=N1. The van der Waals surface area contributed by atoms with E-state index in [1.807, 2.05) is 24.4 Å². The third kappa shape index (κ3) is 1.94. The van der Waals surface area contributed by atoms with E-state index in [4.69, 9.17) is 4.99 Å². The maximum Gasteiger partial charge on any atom is 0.0912 e. The van der Waals surface area contributed by atoms with E-state index < -0.39 is 0 Å². The molecule has 2 heteroatoms. The van der Waals surface area contributed by atoms with E-state index in [1.165, 1.54) is 11.1 Å². The van der Waals surface area contributed by atoms with Crippen molar-refractivity contribution in [2.24, 2.45) is 4.99 Å². The Bertz CT molecular complexity index is 598. The Morgan fingerprint density at radius 1 is 1.00 bits per heavy atom. The molecule has 0 fully saturated rings. The van der Waals surface area contributed by atoms with E-state index in [-0.39, 0.29) is 5.54 Å². The fourth-order valence-electron chi connectivity index (χ4n) is 2.47. The van der Waals surface area contributed by atoms with Gasteiger partial charge < -0.3 is 0 Å². The molecule has 0 aliphatic carbocycles. The van der Waals surface area contributed by atoms with Crippen LogP contribution in [-0.2, 0) is 6.42 Å². The van der Waals surface area contributed by atoms with Gasteiger partial charge in [0.1, 0.15) is 0 Å². The van der Waals surface area contributed by atoms with Crippen LogP contribution in [0.3, 0.4) is 0 Å². The third-order valence-electron chi connectivity index (χ3n) is 3.22. The Kier molecular flexibility index (Phi) is 2.51. The second-order valence-electron chi connectivity index (χ2n) is 5.32. The minimum Gasteiger partial charge on any atom is -0.276 e. The first-order valence-corrected chi connectivity index (χ1v) is 6.25. The maximum absolute atomic E-state index is 4.88. The fraction of sp³-hybridized carbons (Fsp3) is 0.250. The second-order valence-corrected chi connectivity index (χ2v) is 5.32. The first kappa shape index (κ1) is 11.1. The van der Waals surface area contributed by atoms with Crippen LogP contribution < -0.4 is 0 Å². The van der Waals surface area contributed by atoms with Crippen LogP contribution in [0.1, 0.15) is 30.7 Å². The standard InChI is InChI=1S/C16H16N2/c1-16(2)11-12-7-3-4-8-13(12)15(18-16)14-9-5-6-10-17-14/h3-10H,11H2,1-2H3. The monoisotopic (exact) mass is 236 g/mol. The molecule has 0 radical (unpaired) electrons. The lowest BCUT2D eigenvalue weighted by atomic mass is 9.86. The molecule has 0 saturated carbocycles. The Morgan fingerprint density at radius 2 is 1.78 bits per heavy atom. The summed E-state index contributed by atoms with van der Waals surface area (Å²) in [5.41, 5.74) is 4.50. The molecular formula is C16H16N2. The van der Waals surface area contributed by atoms with Crippen LogP contribution in [0.5, 0.6) is 0 Å². The number of hydrogen-bond acceptors (Lipinski definition) is 2. The van der Waals surface area contributed by atoms with Gasteiger partial charge in [0.25, 0.3) is 0 Å². The second kappa shape index (κ2) is 4.05. The van der Waals surface area contributed by atoms with E-state index in [1.54, 1.807) is 0 Å². The van der Waals surface area contributed by atoms with E-state index in [0.717, 1.165) is 17.8 Å². The Balaban J connectivity index is 2.20. The largest absolute Gasteiger partial charge is 0.276 e. The summed E-state index contributed by atoms with van der Waals surface area (Å²) in [5, 5.41) is 0. The summed E-state index contributed by atoms with van der Waals surface area (Å²) in [6.07, 6.45) is 2.81. The normalized spacial score (nSPS) is 16.9. The van der Waals surface area contributed by atoms with Crippen molar-refractivity contribution < 1.29 is 0 Å². The molecule has 90 valence electrons. The Morgan fingerprint density at radius 3 is 2.56 bits per heavy atom. The number of nitrogens with zero attached hydrogens (tertiary/aromatic N) is 2. The van der Waals surface area contributed by atoms with Crippen molar-refractivity contribution in [3.05, 3.63) is 65.5 Å². The quantitative estimate of drug-likeness (QED) is 0.746. The summed E-state index contributed by atoms with van der Waals surface area (Å²) in [4.78, 5) is 9.32. The maximum atomic E-state index is 4.88. The average Bonchev–Trinajstić information content (AvgIpc) is 2.38. The zero-order chi connectivity index (χ0) is 12.6. The van der Waals surface area contributed by atoms with E-state index in [9.17, 15) is 0 Å². The molecule has 0 amide bonds. The molecule has 1 aliphatic heterocycles. The smallest absolute Gasteiger partial charge is 0.0912 e. The van der Waals surface area contributed by atoms with Crippen LogP contribution in [0.4, 0.5) is 0 Å². The van der Waals surface area contributed by atoms with Gasteiger partial charge in [-0.05, 0) is 38.0 Å². The highest BCUT2D eigenvalue weighted by molar-refractivity contribution is 6.13. The van der Waals surface area contributed by atoms with Crippen LogP contribution in [0, 0.1) is 0 Å². The lowest BCUT2D eigenvalue weighted by molar-refractivity contribution is 0.513. The van der Waals surface area contributed by atoms with Crippen LogP contribution in [-0.4, -0.2) is 16.2 Å². The Hall–Kier alpha value is -1.96. The highest BCUT2D eigenvalue weighted by Crippen LogP contribution is 2.28. The molecule has 0 atom stereocenters. The lowest BCUT2D eigenvalue weighted by Gasteiger charge is -2.28. The summed E-state index contributed by atoms with van der Waals surface area (Å²) in [6, 6.07) is 14.5. The molecular weight excluding hydrogens is 220 g/mol. The molecule has 2 nitrogen and oxygen atoms in total. The molecule has 0 N–H and O–H groups in total. The highest BCUT2D eigenvalue weighted by atomic mass is 14.9. The molecule has 1 aromatic heterocycles. The van der Waals surface area contributed by atoms with Crippen LogP contribution >= 0.6 is 0 Å². The van der Waals surface area contributed by atoms with Crippen molar-refractivity contribution in [3.8, 4) is 0 Å². The van der Waals surface area contributed by atoms with Gasteiger partial charge in [0.15, 0.2) is 0 Å². The number of aromatic nitrogens is 1. The van der Waals surface area contributed by atoms with Crippen molar-refractivity contribution >= 4 is 5.71 Å². The Labute approximate surface area is 107 Å². The van der Waals surface area contributed by atoms with Gasteiger partial charge in [0.2, 0.25) is 0 Å². The molecule has 1 aliphatic rings. The van der Waals surface area contributed by atoms with Gasteiger partial charge >= 0.3 is 0 Å². The minimum atomic E-state index is -0.0544. The topological polar surface area (TPSA) is 25.2 Å². The van der Waals surface area contributed by atoms with E-state index in [0.29, 0.717) is 0 Å². The molecule has 3 rings (SSSR count). The van der Waals surface area contributed by atoms with Crippen molar-refractivity contribution in [1.82, 2.24) is 4.98 Å². The van der Waals surface area contributed by atoms with E-state index >= 15 is 0 Å². The zero-order valence-electron chi connectivity index (χ0n) is 10.7. The number of aliphatic imine (C=N–C) groups is 1. The molecule has 0 spiro atoms. The number of fused-ring (bicyclic) bond motifs is 1. The first-order valence-electron chi connectivity index (χ1n) is 6.25. The summed E-state index contributed by atoms with van der Waals surface area (Å²) in [7, 11) is 0. The number of rotatable bonds is 1. The highest BCUT2D eigenvalue weighted by Gasteiger charge is 2.27. The molecule has 2 aromatic rings. The predicted octanol–water partition coefficient (Wildman–Crippen LogP) is 3.25. The van der Waals surface area contributed by atoms with Crippen LogP contribution in [0.25, 0.3) is 0 Å². The van der Waals surface area contributed by atoms with Crippen molar-refractivity contribution in [2.75, 3.05) is 0 Å². The van der Waals surface area contributed by atoms with Crippen LogP contribution in [0.2, 0.25) is 0 Å². The van der Waals surface area contributed by atoms with Gasteiger partial charge in [0.05, 0.1) is 16.9 Å². The lowest BCUT2D eigenvalue weighted by Crippen LogP contribution is -2.29. The summed E-state index contributed by atoms with van der Waals surface area (Å²) in [6.45, 7) is 4.34. The summed E-state index contributed by atoms with van der Waals surface area (Å²) in [5.74, 6) is 0. The minimum absolute atomic E-state index is 0.0544. The van der Waals surface area contributed by atoms with Gasteiger partial charge in [0, 0.05) is 11.8 Å². The molecule has 0 saturated heterocycles. The molecule has 0 unspecified atom stereocenters. The van der Waals surface area contributed by atoms with Crippen LogP contribution in [0.15, 0.2) is 53.7 Å². The molecule has 1 aromatic carbocycles. The summed E-state index contributed by atoms with van der Waals surface area (Å²) < 4.78 is 0. The molecule has 18 heavy (non-hydrogen) atoms. The third-order valence-corrected chi connectivity index (χ3v) is 3.22. The molecule has 2 heterocycles. The molecule has 0 bridgehead atoms. The number of pyridine rings is 1. The average molecular weight is 236 g/mol. The first-order chi connectivity index (χ1) is 8.66. The fourth-order valence-corrected chi connectivity index (χ4v) is 2.47. The number of benzene rings is 1. The summed E-state index contributed by atoms with van der Waals surface area (Å²) >= 11 is 0. The van der Waals surface area contributed by atoms with Gasteiger partial charge in [-0.3, -0.25) is 9.98 Å². The zero-order valence-corrected chi connectivity index (χ0v) is 10.7. The van der Waals surface area contributed by atoms with Gasteiger partial charge in [-0.25, -0.2) is 0 Å². The van der Waals surface area contributed by atoms with Crippen molar-refractivity contribution in [2.45, 2.75) is 25.8 Å². The number of hydrogen-bond donors (Lipinski definition) is 0. The van der Waals surface area contributed by atoms with Crippen molar-refractivity contribution in [3.63, 3.8) is 0 Å². The van der Waals surface area contributed by atoms with Gasteiger partial charge in [-0.1, -0.05) is 30.3 Å². The van der Waals surface area contributed by atoms with Gasteiger partial charge in [-0.2, -0.15) is 0 Å².